The van der Waals surface area contributed by atoms with Gasteiger partial charge >= 0.3 is 0 Å². The lowest BCUT2D eigenvalue weighted by Gasteiger charge is -2.07. The average molecular weight is 269 g/mol. The Morgan fingerprint density at radius 2 is 1.94 bits per heavy atom. The van der Waals surface area contributed by atoms with Gasteiger partial charge < -0.3 is 4.74 Å². The fraction of sp³-hybridized carbons (Fsp3) is 0.167. The minimum absolute atomic E-state index is 0.354. The molecule has 2 rings (SSSR count). The topological polar surface area (TPSA) is 35.0 Å². The molecule has 0 unspecified atom stereocenters. The Labute approximate surface area is 109 Å². The molecule has 17 heavy (non-hydrogen) atoms. The monoisotopic (exact) mass is 268 g/mol. The number of hydrogen-bond donors (Lipinski definition) is 0. The molecule has 1 aromatic heterocycles. The molecule has 3 nitrogen and oxygen atoms in total. The van der Waals surface area contributed by atoms with E-state index in [1.165, 1.54) is 0 Å². The lowest BCUT2D eigenvalue weighted by atomic mass is 10.2. The van der Waals surface area contributed by atoms with E-state index in [0.717, 1.165) is 5.56 Å². The van der Waals surface area contributed by atoms with E-state index in [-0.39, 0.29) is 0 Å². The predicted octanol–water partition coefficient (Wildman–Crippen LogP) is 3.67. The third-order valence-corrected chi connectivity index (χ3v) is 2.68. The van der Waals surface area contributed by atoms with Crippen LogP contribution in [0.25, 0.3) is 0 Å². The van der Waals surface area contributed by atoms with Crippen molar-refractivity contribution in [3.63, 3.8) is 0 Å². The Balaban J connectivity index is 2.10. The summed E-state index contributed by atoms with van der Waals surface area (Å²) in [5.41, 5.74) is 0.904. The van der Waals surface area contributed by atoms with E-state index in [9.17, 15) is 0 Å². The van der Waals surface area contributed by atoms with Gasteiger partial charge in [0.25, 0.3) is 0 Å². The number of hydrogen-bond acceptors (Lipinski definition) is 3. The Hall–Kier alpha value is -1.32. The van der Waals surface area contributed by atoms with Crippen molar-refractivity contribution in [2.24, 2.45) is 0 Å². The van der Waals surface area contributed by atoms with Crippen LogP contribution in [-0.4, -0.2) is 9.97 Å². The highest BCUT2D eigenvalue weighted by Crippen LogP contribution is 2.18. The number of ether oxygens (including phenoxy) is 1. The first-order valence-electron chi connectivity index (χ1n) is 5.02. The molecule has 0 saturated carbocycles. The molecule has 0 aliphatic heterocycles. The van der Waals surface area contributed by atoms with E-state index in [4.69, 9.17) is 27.9 Å². The summed E-state index contributed by atoms with van der Waals surface area (Å²) < 4.78 is 5.51. The van der Waals surface area contributed by atoms with Crippen LogP contribution < -0.4 is 4.74 Å². The van der Waals surface area contributed by atoms with Gasteiger partial charge in [0.2, 0.25) is 5.88 Å². The van der Waals surface area contributed by atoms with Crippen molar-refractivity contribution in [3.05, 3.63) is 51.9 Å². The van der Waals surface area contributed by atoms with Crippen LogP contribution in [0.5, 0.6) is 5.88 Å². The molecule has 2 aromatic rings. The van der Waals surface area contributed by atoms with Gasteiger partial charge in [-0.15, -0.1) is 0 Å². The Bertz CT molecular complexity index is 511. The first-order chi connectivity index (χ1) is 8.15. The zero-order valence-corrected chi connectivity index (χ0v) is 10.7. The maximum atomic E-state index is 6.01. The second-order valence-corrected chi connectivity index (χ2v) is 4.25. The molecule has 0 saturated heterocycles. The highest BCUT2D eigenvalue weighted by Gasteiger charge is 2.03. The van der Waals surface area contributed by atoms with Crippen LogP contribution in [-0.2, 0) is 6.61 Å². The first-order valence-corrected chi connectivity index (χ1v) is 5.78. The van der Waals surface area contributed by atoms with Crippen molar-refractivity contribution in [2.45, 2.75) is 13.5 Å². The van der Waals surface area contributed by atoms with Crippen molar-refractivity contribution >= 4 is 23.2 Å². The summed E-state index contributed by atoms with van der Waals surface area (Å²) in [6, 6.07) is 9.07. The second-order valence-electron chi connectivity index (χ2n) is 3.46. The summed E-state index contributed by atoms with van der Waals surface area (Å²) in [5.74, 6) is 1.02. The van der Waals surface area contributed by atoms with Gasteiger partial charge in [0.15, 0.2) is 0 Å². The van der Waals surface area contributed by atoms with Gasteiger partial charge in [0, 0.05) is 16.7 Å². The van der Waals surface area contributed by atoms with E-state index in [0.29, 0.717) is 28.5 Å². The summed E-state index contributed by atoms with van der Waals surface area (Å²) in [6.45, 7) is 2.11. The Morgan fingerprint density at radius 1 is 1.18 bits per heavy atom. The third kappa shape index (κ3) is 3.32. The molecule has 0 spiro atoms. The molecular weight excluding hydrogens is 259 g/mol. The van der Waals surface area contributed by atoms with Crippen molar-refractivity contribution in [2.75, 3.05) is 0 Å². The van der Waals surface area contributed by atoms with Crippen molar-refractivity contribution < 1.29 is 4.74 Å². The lowest BCUT2D eigenvalue weighted by molar-refractivity contribution is 0.292. The van der Waals surface area contributed by atoms with Crippen molar-refractivity contribution in [3.8, 4) is 5.88 Å². The molecule has 0 radical (unpaired) electrons. The minimum atomic E-state index is 0.354. The quantitative estimate of drug-likeness (QED) is 0.797. The van der Waals surface area contributed by atoms with E-state index in [2.05, 4.69) is 9.97 Å². The number of benzene rings is 1. The van der Waals surface area contributed by atoms with Gasteiger partial charge in [-0.2, -0.15) is 4.98 Å². The molecule has 0 aliphatic carbocycles. The largest absolute Gasteiger partial charge is 0.473 e. The number of aromatic nitrogens is 2. The Morgan fingerprint density at radius 3 is 2.65 bits per heavy atom. The summed E-state index contributed by atoms with van der Waals surface area (Å²) in [5, 5.41) is 1.04. The first kappa shape index (κ1) is 12.1. The van der Waals surface area contributed by atoms with Crippen LogP contribution >= 0.6 is 23.2 Å². The second kappa shape index (κ2) is 5.34. The van der Waals surface area contributed by atoms with Crippen LogP contribution in [0.3, 0.4) is 0 Å². The number of rotatable bonds is 3. The molecule has 0 bridgehead atoms. The predicted molar refractivity (Wildman–Crippen MR) is 67.6 cm³/mol. The standard InChI is InChI=1S/C12H10Cl2N2O/c1-8-15-11(14)6-12(16-8)17-7-9-4-2-3-5-10(9)13/h2-6H,7H2,1H3. The normalized spacial score (nSPS) is 10.3. The van der Waals surface area contributed by atoms with Crippen LogP contribution in [0.2, 0.25) is 10.2 Å². The summed E-state index contributed by atoms with van der Waals surface area (Å²) >= 11 is 11.8. The van der Waals surface area contributed by atoms with E-state index in [1.54, 1.807) is 13.0 Å². The average Bonchev–Trinajstić information content (AvgIpc) is 2.27. The zero-order chi connectivity index (χ0) is 12.3. The third-order valence-electron chi connectivity index (χ3n) is 2.12. The smallest absolute Gasteiger partial charge is 0.218 e. The molecule has 0 amide bonds. The van der Waals surface area contributed by atoms with E-state index in [1.807, 2.05) is 24.3 Å². The summed E-state index contributed by atoms with van der Waals surface area (Å²) in [6.07, 6.45) is 0. The molecule has 0 N–H and O–H groups in total. The maximum absolute atomic E-state index is 6.01. The van der Waals surface area contributed by atoms with Gasteiger partial charge in [-0.1, -0.05) is 41.4 Å². The highest BCUT2D eigenvalue weighted by atomic mass is 35.5. The fourth-order valence-electron chi connectivity index (χ4n) is 1.35. The minimum Gasteiger partial charge on any atom is -0.473 e. The van der Waals surface area contributed by atoms with Gasteiger partial charge in [-0.05, 0) is 13.0 Å². The molecule has 1 aromatic carbocycles. The van der Waals surface area contributed by atoms with Crippen molar-refractivity contribution in [1.29, 1.82) is 0 Å². The molecule has 5 heteroatoms. The molecule has 0 fully saturated rings. The maximum Gasteiger partial charge on any atom is 0.218 e. The van der Waals surface area contributed by atoms with Gasteiger partial charge in [0.05, 0.1) is 0 Å². The molecule has 88 valence electrons. The molecule has 0 aliphatic rings. The van der Waals surface area contributed by atoms with Crippen LogP contribution in [0, 0.1) is 6.92 Å². The molecule has 1 heterocycles. The zero-order valence-electron chi connectivity index (χ0n) is 9.15. The number of aryl methyl sites for hydroxylation is 1. The highest BCUT2D eigenvalue weighted by molar-refractivity contribution is 6.31. The SMILES string of the molecule is Cc1nc(Cl)cc(OCc2ccccc2Cl)n1. The molecular formula is C12H10Cl2N2O. The number of halogens is 2. The van der Waals surface area contributed by atoms with Crippen LogP contribution in [0.15, 0.2) is 30.3 Å². The lowest BCUT2D eigenvalue weighted by Crippen LogP contribution is -1.99. The van der Waals surface area contributed by atoms with Crippen molar-refractivity contribution in [1.82, 2.24) is 9.97 Å². The number of nitrogens with zero attached hydrogens (tertiary/aromatic N) is 2. The van der Waals surface area contributed by atoms with Crippen LogP contribution in [0.1, 0.15) is 11.4 Å². The van der Waals surface area contributed by atoms with Crippen LogP contribution in [0.4, 0.5) is 0 Å². The van der Waals surface area contributed by atoms with Gasteiger partial charge in [-0.3, -0.25) is 0 Å². The van der Waals surface area contributed by atoms with E-state index >= 15 is 0 Å². The van der Waals surface area contributed by atoms with Gasteiger partial charge in [-0.25, -0.2) is 4.98 Å². The van der Waals surface area contributed by atoms with Gasteiger partial charge in [0.1, 0.15) is 17.6 Å². The summed E-state index contributed by atoms with van der Waals surface area (Å²) in [4.78, 5) is 8.07. The fourth-order valence-corrected chi connectivity index (χ4v) is 1.75. The molecule has 0 atom stereocenters. The van der Waals surface area contributed by atoms with E-state index < -0.39 is 0 Å². The summed E-state index contributed by atoms with van der Waals surface area (Å²) in [7, 11) is 0. The Kier molecular flexibility index (Phi) is 3.82.